The first kappa shape index (κ1) is 34.9. The quantitative estimate of drug-likeness (QED) is 0.0644. The molecule has 0 aromatic heterocycles. The minimum atomic E-state index is -0.617. The Bertz CT molecular complexity index is 1260. The molecule has 0 saturated carbocycles. The topological polar surface area (TPSA) is 126 Å². The Hall–Kier alpha value is -5.12. The summed E-state index contributed by atoms with van der Waals surface area (Å²) in [6, 6.07) is 12.4. The van der Waals surface area contributed by atoms with Crippen molar-refractivity contribution in [2.75, 3.05) is 25.1 Å². The van der Waals surface area contributed by atoms with Crippen LogP contribution in [0.4, 0.5) is 10.5 Å². The molecule has 0 heterocycles. The SMILES string of the molecule is C=CC(=O)OCCCOc1ccc(C(=O)O/C(C=C)=C/C=C(\C)OC(=O)c2ccc(NC(=O)OCC)cc2)cc1.CC. The number of nitrogens with one attached hydrogen (secondary N) is 1. The number of hydrogen-bond acceptors (Lipinski definition) is 9. The van der Waals surface area contributed by atoms with Crippen molar-refractivity contribution in [1.82, 2.24) is 0 Å². The van der Waals surface area contributed by atoms with E-state index in [4.69, 9.17) is 23.7 Å². The molecule has 10 heteroatoms. The van der Waals surface area contributed by atoms with Gasteiger partial charge in [0.1, 0.15) is 17.3 Å². The van der Waals surface area contributed by atoms with Gasteiger partial charge in [-0.2, -0.15) is 0 Å². The van der Waals surface area contributed by atoms with Gasteiger partial charge in [0.05, 0.1) is 30.9 Å². The van der Waals surface area contributed by atoms with E-state index in [0.717, 1.165) is 6.08 Å². The fraction of sp³-hybridized carbons (Fsp3) is 0.250. The molecule has 1 amide bonds. The summed E-state index contributed by atoms with van der Waals surface area (Å²) in [5.41, 5.74) is 1.02. The van der Waals surface area contributed by atoms with E-state index < -0.39 is 24.0 Å². The molecule has 0 bridgehead atoms. The molecule has 0 radical (unpaired) electrons. The van der Waals surface area contributed by atoms with Gasteiger partial charge in [-0.15, -0.1) is 0 Å². The van der Waals surface area contributed by atoms with Crippen LogP contribution in [0.25, 0.3) is 0 Å². The van der Waals surface area contributed by atoms with E-state index in [1.165, 1.54) is 30.4 Å². The van der Waals surface area contributed by atoms with Gasteiger partial charge >= 0.3 is 24.0 Å². The second-order valence-corrected chi connectivity index (χ2v) is 7.85. The number of hydrogen-bond donors (Lipinski definition) is 1. The lowest BCUT2D eigenvalue weighted by Crippen LogP contribution is -2.13. The monoisotopic (exact) mass is 579 g/mol. The predicted molar refractivity (Wildman–Crippen MR) is 159 cm³/mol. The molecular formula is C32H37NO9. The highest BCUT2D eigenvalue weighted by Gasteiger charge is 2.11. The van der Waals surface area contributed by atoms with E-state index >= 15 is 0 Å². The van der Waals surface area contributed by atoms with Crippen LogP contribution in [0.2, 0.25) is 0 Å². The third-order valence-corrected chi connectivity index (χ3v) is 4.85. The lowest BCUT2D eigenvalue weighted by molar-refractivity contribution is -0.137. The van der Waals surface area contributed by atoms with Crippen LogP contribution in [0.1, 0.15) is 54.8 Å². The first-order valence-electron chi connectivity index (χ1n) is 13.3. The summed E-state index contributed by atoms with van der Waals surface area (Å²) in [5.74, 6) is -0.790. The maximum atomic E-state index is 12.5. The summed E-state index contributed by atoms with van der Waals surface area (Å²) >= 11 is 0. The van der Waals surface area contributed by atoms with Crippen molar-refractivity contribution in [2.24, 2.45) is 0 Å². The zero-order valence-corrected chi connectivity index (χ0v) is 24.3. The number of anilines is 1. The Labute approximate surface area is 246 Å². The van der Waals surface area contributed by atoms with Crippen molar-refractivity contribution >= 4 is 29.7 Å². The number of allylic oxidation sites excluding steroid dienone is 4. The summed E-state index contributed by atoms with van der Waals surface area (Å²) in [6.07, 6.45) is 5.24. The van der Waals surface area contributed by atoms with Crippen LogP contribution >= 0.6 is 0 Å². The Balaban J connectivity index is 0.00000431. The largest absolute Gasteiger partial charge is 0.493 e. The van der Waals surface area contributed by atoms with Crippen LogP contribution < -0.4 is 10.1 Å². The fourth-order valence-corrected chi connectivity index (χ4v) is 2.89. The van der Waals surface area contributed by atoms with Crippen molar-refractivity contribution in [3.63, 3.8) is 0 Å². The van der Waals surface area contributed by atoms with Gasteiger partial charge in [0.15, 0.2) is 0 Å². The maximum absolute atomic E-state index is 12.5. The van der Waals surface area contributed by atoms with Crippen molar-refractivity contribution in [3.8, 4) is 5.75 Å². The first-order valence-corrected chi connectivity index (χ1v) is 13.3. The molecule has 0 saturated heterocycles. The first-order chi connectivity index (χ1) is 20.2. The maximum Gasteiger partial charge on any atom is 0.411 e. The molecule has 0 aliphatic rings. The van der Waals surface area contributed by atoms with Gasteiger partial charge in [0.2, 0.25) is 0 Å². The second-order valence-electron chi connectivity index (χ2n) is 7.85. The van der Waals surface area contributed by atoms with Crippen molar-refractivity contribution < 1.29 is 42.9 Å². The number of rotatable bonds is 14. The van der Waals surface area contributed by atoms with Gasteiger partial charge in [0.25, 0.3) is 0 Å². The molecule has 42 heavy (non-hydrogen) atoms. The second kappa shape index (κ2) is 19.9. The molecule has 2 rings (SSSR count). The average Bonchev–Trinajstić information content (AvgIpc) is 3.00. The number of carbonyl (C=O) groups is 4. The highest BCUT2D eigenvalue weighted by Crippen LogP contribution is 2.16. The third kappa shape index (κ3) is 13.3. The van der Waals surface area contributed by atoms with Gasteiger partial charge < -0.3 is 23.7 Å². The lowest BCUT2D eigenvalue weighted by atomic mass is 10.2. The molecule has 2 aromatic rings. The summed E-state index contributed by atoms with van der Waals surface area (Å²) in [7, 11) is 0. The molecule has 0 spiro atoms. The van der Waals surface area contributed by atoms with Crippen LogP contribution in [-0.2, 0) is 23.7 Å². The van der Waals surface area contributed by atoms with Gasteiger partial charge in [-0.05, 0) is 80.6 Å². The van der Waals surface area contributed by atoms with Gasteiger partial charge in [-0.1, -0.05) is 27.0 Å². The average molecular weight is 580 g/mol. The van der Waals surface area contributed by atoms with Crippen LogP contribution in [0.3, 0.4) is 0 Å². The highest BCUT2D eigenvalue weighted by molar-refractivity contribution is 5.92. The molecule has 0 fully saturated rings. The molecular weight excluding hydrogens is 542 g/mol. The van der Waals surface area contributed by atoms with Gasteiger partial charge in [-0.3, -0.25) is 5.32 Å². The van der Waals surface area contributed by atoms with E-state index in [2.05, 4.69) is 18.5 Å². The Morgan fingerprint density at radius 3 is 1.95 bits per heavy atom. The molecule has 10 nitrogen and oxygen atoms in total. The van der Waals surface area contributed by atoms with E-state index in [1.54, 1.807) is 50.2 Å². The van der Waals surface area contributed by atoms with Gasteiger partial charge in [-0.25, -0.2) is 19.2 Å². The zero-order chi connectivity index (χ0) is 31.3. The number of esters is 3. The van der Waals surface area contributed by atoms with Gasteiger partial charge in [0, 0.05) is 18.2 Å². The van der Waals surface area contributed by atoms with E-state index in [1.807, 2.05) is 13.8 Å². The van der Waals surface area contributed by atoms with Crippen LogP contribution in [0.15, 0.2) is 97.5 Å². The van der Waals surface area contributed by atoms with E-state index in [0.29, 0.717) is 24.5 Å². The Morgan fingerprint density at radius 2 is 1.38 bits per heavy atom. The van der Waals surface area contributed by atoms with E-state index in [-0.39, 0.29) is 35.9 Å². The smallest absolute Gasteiger partial charge is 0.411 e. The normalized spacial score (nSPS) is 10.7. The summed E-state index contributed by atoms with van der Waals surface area (Å²) in [4.78, 5) is 47.4. The molecule has 0 atom stereocenters. The Morgan fingerprint density at radius 1 is 0.786 bits per heavy atom. The van der Waals surface area contributed by atoms with E-state index in [9.17, 15) is 19.2 Å². The predicted octanol–water partition coefficient (Wildman–Crippen LogP) is 6.77. The lowest BCUT2D eigenvalue weighted by Gasteiger charge is -2.08. The van der Waals surface area contributed by atoms with Crippen molar-refractivity contribution in [1.29, 1.82) is 0 Å². The molecule has 0 aliphatic heterocycles. The zero-order valence-electron chi connectivity index (χ0n) is 24.3. The fourth-order valence-electron chi connectivity index (χ4n) is 2.89. The molecule has 0 unspecified atom stereocenters. The Kier molecular flexibility index (Phi) is 16.5. The molecule has 2 aromatic carbocycles. The minimum absolute atomic E-state index is 0.143. The molecule has 0 aliphatic carbocycles. The molecule has 224 valence electrons. The highest BCUT2D eigenvalue weighted by atomic mass is 16.6. The third-order valence-electron chi connectivity index (χ3n) is 4.85. The minimum Gasteiger partial charge on any atom is -0.493 e. The number of carbonyl (C=O) groups excluding carboxylic acids is 4. The summed E-state index contributed by atoms with van der Waals surface area (Å²) < 4.78 is 25.9. The summed E-state index contributed by atoms with van der Waals surface area (Å²) in [5, 5.41) is 2.53. The number of amides is 1. The van der Waals surface area contributed by atoms with Crippen molar-refractivity contribution in [2.45, 2.75) is 34.1 Å². The van der Waals surface area contributed by atoms with Crippen molar-refractivity contribution in [3.05, 3.63) is 109 Å². The summed E-state index contributed by atoms with van der Waals surface area (Å²) in [6.45, 7) is 15.0. The van der Waals surface area contributed by atoms with Crippen LogP contribution in [-0.4, -0.2) is 43.8 Å². The standard InChI is InChI=1S/C30H31NO9.C2H6/c1-5-25(40-29(34)23-12-17-26(18-13-23)37-19-8-20-38-27(32)6-2)16-9-21(4)39-28(33)22-10-14-24(15-11-22)31-30(35)36-7-3;1-2/h5-6,9-18H,1-2,7-8,19-20H2,3-4H3,(H,31,35);1-2H3/b21-9+,25-16+;. The number of ether oxygens (including phenoxy) is 5. The molecule has 1 N–H and O–H groups in total. The van der Waals surface area contributed by atoms with Crippen LogP contribution in [0.5, 0.6) is 5.75 Å². The number of benzene rings is 2. The van der Waals surface area contributed by atoms with Crippen LogP contribution in [0, 0.1) is 0 Å².